The number of hydrogen-bond donors (Lipinski definition) is 3. The summed E-state index contributed by atoms with van der Waals surface area (Å²) in [5, 5.41) is 2.86. The highest BCUT2D eigenvalue weighted by Crippen LogP contribution is 2.33. The maximum Gasteiger partial charge on any atom is 0.422 e. The fraction of sp³-hybridized carbons (Fsp3) is 0.593. The summed E-state index contributed by atoms with van der Waals surface area (Å²) in [7, 11) is -1.23. The molecule has 0 radical (unpaired) electrons. The molecule has 13 heteroatoms. The summed E-state index contributed by atoms with van der Waals surface area (Å²) in [5.74, 6) is -0.377. The number of carbonyl (C=O) groups excluding carboxylic acids is 2. The van der Waals surface area contributed by atoms with E-state index in [0.29, 0.717) is 48.1 Å². The van der Waals surface area contributed by atoms with E-state index in [9.17, 15) is 9.59 Å². The van der Waals surface area contributed by atoms with Crippen molar-refractivity contribution >= 4 is 47.4 Å². The number of carbonyl (C=O) groups is 2. The number of nitrogens with one attached hydrogen (secondary N) is 3. The summed E-state index contributed by atoms with van der Waals surface area (Å²) in [5.41, 5.74) is 5.68. The second-order valence-corrected chi connectivity index (χ2v) is 18.7. The minimum absolute atomic E-state index is 0.178. The van der Waals surface area contributed by atoms with Crippen molar-refractivity contribution in [2.45, 2.75) is 71.6 Å². The largest absolute Gasteiger partial charge is 0.443 e. The molecule has 222 valence electrons. The Morgan fingerprint density at radius 1 is 1.20 bits per heavy atom. The van der Waals surface area contributed by atoms with Crippen LogP contribution in [0.3, 0.4) is 0 Å². The van der Waals surface area contributed by atoms with Crippen molar-refractivity contribution in [3.8, 4) is 0 Å². The van der Waals surface area contributed by atoms with Gasteiger partial charge in [-0.15, -0.1) is 0 Å². The number of halogens is 2. The van der Waals surface area contributed by atoms with Gasteiger partial charge in [-0.05, 0) is 73.6 Å². The highest BCUT2D eigenvalue weighted by atomic mass is 79.9. The number of hydrazine groups is 1. The van der Waals surface area contributed by atoms with Crippen LogP contribution < -0.4 is 21.1 Å². The number of amides is 2. The van der Waals surface area contributed by atoms with Gasteiger partial charge in [0.1, 0.15) is 22.8 Å². The fourth-order valence-electron chi connectivity index (χ4n) is 4.25. The van der Waals surface area contributed by atoms with Crippen LogP contribution in [0.25, 0.3) is 0 Å². The number of ether oxygens (including phenoxy) is 2. The fourth-order valence-corrected chi connectivity index (χ4v) is 5.42. The number of nitrogens with zero attached hydrogens (tertiary/aromatic N) is 3. The molecule has 1 aromatic heterocycles. The van der Waals surface area contributed by atoms with Crippen LogP contribution in [0.2, 0.25) is 25.7 Å². The zero-order chi connectivity index (χ0) is 29.5. The monoisotopic (exact) mass is 640 g/mol. The quantitative estimate of drug-likeness (QED) is 0.167. The molecule has 10 nitrogen and oxygen atoms in total. The first kappa shape index (κ1) is 32.0. The van der Waals surface area contributed by atoms with Crippen LogP contribution in [0.1, 0.15) is 44.2 Å². The highest BCUT2D eigenvalue weighted by molar-refractivity contribution is 9.10. The van der Waals surface area contributed by atoms with Gasteiger partial charge in [0.15, 0.2) is 0 Å². The number of rotatable bonds is 11. The lowest BCUT2D eigenvalue weighted by Crippen LogP contribution is -2.45. The van der Waals surface area contributed by atoms with Crippen molar-refractivity contribution in [3.63, 3.8) is 0 Å². The molecular weight excluding hydrogens is 599 g/mol. The molecule has 1 aliphatic heterocycles. The molecule has 1 saturated heterocycles. The molecule has 2 amide bonds. The van der Waals surface area contributed by atoms with E-state index in [2.05, 4.69) is 56.7 Å². The molecule has 0 aliphatic carbocycles. The van der Waals surface area contributed by atoms with Gasteiger partial charge in [0.25, 0.3) is 5.91 Å². The van der Waals surface area contributed by atoms with E-state index < -0.39 is 31.5 Å². The van der Waals surface area contributed by atoms with Crippen molar-refractivity contribution in [1.29, 1.82) is 0 Å². The lowest BCUT2D eigenvalue weighted by atomic mass is 9.96. The van der Waals surface area contributed by atoms with E-state index >= 15 is 4.39 Å². The first-order valence-corrected chi connectivity index (χ1v) is 18.1. The van der Waals surface area contributed by atoms with E-state index in [1.54, 1.807) is 43.7 Å². The van der Waals surface area contributed by atoms with Gasteiger partial charge in [-0.2, -0.15) is 0 Å². The van der Waals surface area contributed by atoms with Crippen molar-refractivity contribution in [2.24, 2.45) is 5.92 Å². The molecule has 0 spiro atoms. The smallest absolute Gasteiger partial charge is 0.422 e. The summed E-state index contributed by atoms with van der Waals surface area (Å²) >= 11 is 3.35. The van der Waals surface area contributed by atoms with Crippen molar-refractivity contribution in [2.75, 3.05) is 36.5 Å². The molecule has 3 rings (SSSR count). The van der Waals surface area contributed by atoms with E-state index in [4.69, 9.17) is 9.47 Å². The van der Waals surface area contributed by atoms with Crippen LogP contribution in [0.4, 0.5) is 20.6 Å². The van der Waals surface area contributed by atoms with E-state index in [0.717, 1.165) is 18.9 Å². The molecule has 1 aliphatic rings. The number of para-hydroxylation sites is 1. The Hall–Kier alpha value is -2.48. The molecule has 3 N–H and O–H groups in total. The van der Waals surface area contributed by atoms with Crippen LogP contribution in [0.5, 0.6) is 0 Å². The molecule has 1 aromatic carbocycles. The third kappa shape index (κ3) is 10.2. The number of aromatic nitrogens is 2. The van der Waals surface area contributed by atoms with E-state index in [-0.39, 0.29) is 12.6 Å². The SMILES string of the molecule is CC(C)(C)OC(=O)NNCC1CCN(c2c(F)cccc2NC(=O)c2nc(Br)cn2COCC[Si](C)(C)C)CC1. The van der Waals surface area contributed by atoms with Gasteiger partial charge in [-0.25, -0.2) is 19.6 Å². The predicted octanol–water partition coefficient (Wildman–Crippen LogP) is 5.60. The Balaban J connectivity index is 1.58. The van der Waals surface area contributed by atoms with Crippen LogP contribution in [0.15, 0.2) is 29.0 Å². The zero-order valence-corrected chi connectivity index (χ0v) is 26.9. The maximum absolute atomic E-state index is 15.1. The second-order valence-electron chi connectivity index (χ2n) is 12.2. The Morgan fingerprint density at radius 3 is 2.55 bits per heavy atom. The van der Waals surface area contributed by atoms with Crippen LogP contribution >= 0.6 is 15.9 Å². The number of imidazole rings is 1. The second kappa shape index (κ2) is 13.9. The number of benzene rings is 1. The summed E-state index contributed by atoms with van der Waals surface area (Å²) in [4.78, 5) is 31.3. The third-order valence-electron chi connectivity index (χ3n) is 6.32. The first-order valence-electron chi connectivity index (χ1n) is 13.6. The minimum Gasteiger partial charge on any atom is -0.443 e. The Labute approximate surface area is 245 Å². The Bertz CT molecular complexity index is 1160. The normalized spacial score (nSPS) is 14.8. The molecule has 0 bridgehead atoms. The van der Waals surface area contributed by atoms with E-state index in [1.807, 2.05) is 4.90 Å². The van der Waals surface area contributed by atoms with Crippen LogP contribution in [-0.2, 0) is 16.2 Å². The minimum atomic E-state index is -1.23. The standard InChI is InChI=1S/C27H42BrFN6O4Si/c1-27(2,3)39-26(37)33-30-16-19-10-12-34(13-11-19)23-20(29)8-7-9-21(23)31-25(36)24-32-22(28)17-35(24)18-38-14-15-40(4,5)6/h7-9,17,19,30H,10-16,18H2,1-6H3,(H,31,36)(H,33,37). The van der Waals surface area contributed by atoms with Gasteiger partial charge in [-0.1, -0.05) is 25.7 Å². The summed E-state index contributed by atoms with van der Waals surface area (Å²) < 4.78 is 28.3. The lowest BCUT2D eigenvalue weighted by Gasteiger charge is -2.35. The molecule has 1 fully saturated rings. The van der Waals surface area contributed by atoms with E-state index in [1.165, 1.54) is 6.07 Å². The molecule has 0 unspecified atom stereocenters. The average Bonchev–Trinajstić information content (AvgIpc) is 3.21. The Kier molecular flexibility index (Phi) is 11.2. The number of anilines is 2. The Morgan fingerprint density at radius 2 is 1.90 bits per heavy atom. The highest BCUT2D eigenvalue weighted by Gasteiger charge is 2.26. The first-order chi connectivity index (χ1) is 18.7. The van der Waals surface area contributed by atoms with Gasteiger partial charge < -0.3 is 24.3 Å². The average molecular weight is 642 g/mol. The van der Waals surface area contributed by atoms with Crippen LogP contribution in [-0.4, -0.2) is 61.5 Å². The van der Waals surface area contributed by atoms with Gasteiger partial charge in [-0.3, -0.25) is 10.2 Å². The van der Waals surface area contributed by atoms with Gasteiger partial charge >= 0.3 is 6.09 Å². The summed E-state index contributed by atoms with van der Waals surface area (Å²) in [6.45, 7) is 14.9. The van der Waals surface area contributed by atoms with Crippen molar-refractivity contribution in [1.82, 2.24) is 20.4 Å². The van der Waals surface area contributed by atoms with Gasteiger partial charge in [0.05, 0.1) is 11.4 Å². The number of hydrogen-bond acceptors (Lipinski definition) is 7. The predicted molar refractivity (Wildman–Crippen MR) is 161 cm³/mol. The van der Waals surface area contributed by atoms with Crippen molar-refractivity contribution < 1.29 is 23.5 Å². The summed E-state index contributed by atoms with van der Waals surface area (Å²) in [6, 6.07) is 5.69. The molecule has 2 heterocycles. The van der Waals surface area contributed by atoms with Gasteiger partial charge in [0.2, 0.25) is 5.82 Å². The molecular formula is C27H42BrFN6O4Si. The molecule has 0 saturated carbocycles. The molecule has 0 atom stereocenters. The lowest BCUT2D eigenvalue weighted by molar-refractivity contribution is 0.0494. The topological polar surface area (TPSA) is 110 Å². The third-order valence-corrected chi connectivity index (χ3v) is 8.41. The van der Waals surface area contributed by atoms with Crippen LogP contribution in [0, 0.1) is 11.7 Å². The van der Waals surface area contributed by atoms with Crippen molar-refractivity contribution in [3.05, 3.63) is 40.6 Å². The molecule has 40 heavy (non-hydrogen) atoms. The summed E-state index contributed by atoms with van der Waals surface area (Å²) in [6.07, 6.45) is 2.75. The molecule has 2 aromatic rings. The maximum atomic E-state index is 15.1. The zero-order valence-electron chi connectivity index (χ0n) is 24.3. The number of piperidine rings is 1. The van der Waals surface area contributed by atoms with Gasteiger partial charge in [0, 0.05) is 40.5 Å².